The number of benzene rings is 1. The molecule has 0 heterocycles. The van der Waals surface area contributed by atoms with Crippen LogP contribution in [0.4, 0.5) is 18.0 Å². The average Bonchev–Trinajstić information content (AvgIpc) is 2.66. The van der Waals surface area contributed by atoms with Crippen molar-refractivity contribution < 1.29 is 41.5 Å². The summed E-state index contributed by atoms with van der Waals surface area (Å²) in [6, 6.07) is 3.87. The molecule has 0 aliphatic rings. The van der Waals surface area contributed by atoms with Gasteiger partial charge < -0.3 is 19.9 Å². The molecule has 0 saturated carbocycles. The van der Waals surface area contributed by atoms with E-state index < -0.39 is 74.3 Å². The highest BCUT2D eigenvalue weighted by atomic mass is 79.9. The van der Waals surface area contributed by atoms with E-state index in [1.54, 1.807) is 41.5 Å². The second-order valence-corrected chi connectivity index (χ2v) is 13.6. The predicted octanol–water partition coefficient (Wildman–Crippen LogP) is 5.26. The third-order valence-electron chi connectivity index (χ3n) is 4.70. The number of alkyl carbamates (subject to hydrolysis) is 1. The number of ether oxygens (including phenoxy) is 2. The molecule has 0 aromatic heterocycles. The van der Waals surface area contributed by atoms with Crippen LogP contribution in [0.1, 0.15) is 59.9 Å². The Morgan fingerprint density at radius 3 is 2.06 bits per heavy atom. The molecule has 0 bridgehead atoms. The van der Waals surface area contributed by atoms with Gasteiger partial charge in [0.15, 0.2) is 5.60 Å². The zero-order valence-corrected chi connectivity index (χ0v) is 23.5. The fraction of sp³-hybridized carbons (Fsp3) is 0.652. The minimum absolute atomic E-state index is 0.00727. The molecule has 206 valence electrons. The highest BCUT2D eigenvalue weighted by molar-refractivity contribution is 9.10. The summed E-state index contributed by atoms with van der Waals surface area (Å²) in [5.41, 5.74) is -5.61. The maximum atomic E-state index is 13.9. The van der Waals surface area contributed by atoms with E-state index >= 15 is 0 Å². The van der Waals surface area contributed by atoms with E-state index in [9.17, 15) is 32.1 Å². The number of hydrogen-bond acceptors (Lipinski definition) is 7. The number of aliphatic hydroxyl groups is 1. The van der Waals surface area contributed by atoms with Gasteiger partial charge in [0.05, 0.1) is 0 Å². The lowest BCUT2D eigenvalue weighted by Crippen LogP contribution is -2.47. The van der Waals surface area contributed by atoms with Crippen LogP contribution in [0.3, 0.4) is 0 Å². The van der Waals surface area contributed by atoms with Crippen molar-refractivity contribution in [1.82, 2.24) is 5.32 Å². The number of nitrogens with one attached hydrogen (secondary N) is 2. The van der Waals surface area contributed by atoms with Gasteiger partial charge in [-0.25, -0.2) is 13.8 Å². The van der Waals surface area contributed by atoms with E-state index in [0.717, 1.165) is 6.07 Å². The Labute approximate surface area is 218 Å². The summed E-state index contributed by atoms with van der Waals surface area (Å²) in [6.45, 7) is 9.63. The van der Waals surface area contributed by atoms with Gasteiger partial charge in [0.25, 0.3) is 0 Å². The minimum atomic E-state index is -5.11. The van der Waals surface area contributed by atoms with Gasteiger partial charge in [-0.05, 0) is 54.0 Å². The van der Waals surface area contributed by atoms with Crippen LogP contribution >= 0.6 is 15.9 Å². The molecule has 1 aromatic rings. The number of rotatable bonds is 9. The Hall–Kier alpha value is -1.86. The van der Waals surface area contributed by atoms with E-state index in [1.807, 2.05) is 0 Å². The summed E-state index contributed by atoms with van der Waals surface area (Å²) in [6.07, 6.45) is -7.45. The predicted molar refractivity (Wildman–Crippen MR) is 133 cm³/mol. The molecular formula is C23H34BrF3N2O6S. The van der Waals surface area contributed by atoms with E-state index in [0.29, 0.717) is 0 Å². The first kappa shape index (κ1) is 32.2. The standard InChI is InChI=1S/C23H34BrF3N2O6S/c1-20(2,3)34-18(30)17(29-19(31)35-21(4,5)6)11-13-36(28,33)14-12-22(32,23(25,26)27)15-9-7-8-10-16(15)24/h7-10,17,28,32H,11-14H2,1-6H3,(H,29,31)/t17-,22?,36?/m0/s1. The topological polar surface area (TPSA) is 126 Å². The van der Waals surface area contributed by atoms with Crippen LogP contribution in [0.25, 0.3) is 0 Å². The van der Waals surface area contributed by atoms with Crippen molar-refractivity contribution >= 4 is 37.7 Å². The number of carbonyl (C=O) groups excluding carboxylic acids is 2. The number of halogens is 4. The van der Waals surface area contributed by atoms with Crippen LogP contribution in [0.15, 0.2) is 28.7 Å². The van der Waals surface area contributed by atoms with E-state index in [2.05, 4.69) is 21.2 Å². The summed E-state index contributed by atoms with van der Waals surface area (Å²) in [4.78, 5) is 24.8. The number of hydrogen-bond donors (Lipinski definition) is 3. The van der Waals surface area contributed by atoms with Crippen molar-refractivity contribution in [3.63, 3.8) is 0 Å². The number of alkyl halides is 3. The van der Waals surface area contributed by atoms with Crippen molar-refractivity contribution in [1.29, 1.82) is 4.78 Å². The zero-order chi connectivity index (χ0) is 28.2. The summed E-state index contributed by atoms with van der Waals surface area (Å²) < 4.78 is 73.0. The molecular weight excluding hydrogens is 569 g/mol. The molecule has 0 saturated heterocycles. The number of esters is 1. The molecule has 0 radical (unpaired) electrons. The normalized spacial score (nSPS) is 16.9. The molecule has 1 aromatic carbocycles. The van der Waals surface area contributed by atoms with Gasteiger partial charge in [0.1, 0.15) is 17.2 Å². The molecule has 3 N–H and O–H groups in total. The Morgan fingerprint density at radius 2 is 1.58 bits per heavy atom. The van der Waals surface area contributed by atoms with E-state index in [-0.39, 0.29) is 10.9 Å². The van der Waals surface area contributed by atoms with Gasteiger partial charge in [-0.15, -0.1) is 0 Å². The van der Waals surface area contributed by atoms with Crippen molar-refractivity contribution in [3.8, 4) is 0 Å². The van der Waals surface area contributed by atoms with Gasteiger partial charge in [-0.3, -0.25) is 4.78 Å². The second kappa shape index (κ2) is 11.7. The molecule has 3 atom stereocenters. The third kappa shape index (κ3) is 10.3. The van der Waals surface area contributed by atoms with Gasteiger partial charge in [0.2, 0.25) is 0 Å². The zero-order valence-electron chi connectivity index (χ0n) is 21.1. The summed E-state index contributed by atoms with van der Waals surface area (Å²) in [5, 5.41) is 12.9. The fourth-order valence-electron chi connectivity index (χ4n) is 3.02. The van der Waals surface area contributed by atoms with Crippen LogP contribution in [0, 0.1) is 4.78 Å². The molecule has 0 fully saturated rings. The Morgan fingerprint density at radius 1 is 1.06 bits per heavy atom. The minimum Gasteiger partial charge on any atom is -0.458 e. The van der Waals surface area contributed by atoms with Gasteiger partial charge >= 0.3 is 18.2 Å². The first-order valence-corrected chi connectivity index (χ1v) is 13.8. The molecule has 1 rings (SSSR count). The van der Waals surface area contributed by atoms with Crippen LogP contribution in [-0.4, -0.2) is 56.3 Å². The first-order chi connectivity index (χ1) is 16.1. The smallest absolute Gasteiger partial charge is 0.421 e. The molecule has 0 aliphatic carbocycles. The molecule has 36 heavy (non-hydrogen) atoms. The van der Waals surface area contributed by atoms with Gasteiger partial charge in [-0.1, -0.05) is 34.1 Å². The third-order valence-corrected chi connectivity index (χ3v) is 7.15. The maximum absolute atomic E-state index is 13.9. The SMILES string of the molecule is CC(C)(C)OC(=O)N[C@@H](CCS(=N)(=O)CCC(O)(c1ccccc1Br)C(F)(F)F)C(=O)OC(C)(C)C. The second-order valence-electron chi connectivity index (χ2n) is 10.3. The Bertz CT molecular complexity index is 1040. The largest absolute Gasteiger partial charge is 0.458 e. The summed E-state index contributed by atoms with van der Waals surface area (Å²) in [5.74, 6) is -2.21. The maximum Gasteiger partial charge on any atom is 0.421 e. The lowest BCUT2D eigenvalue weighted by molar-refractivity contribution is -0.267. The summed E-state index contributed by atoms with van der Waals surface area (Å²) in [7, 11) is -3.71. The fourth-order valence-corrected chi connectivity index (χ4v) is 5.08. The lowest BCUT2D eigenvalue weighted by Gasteiger charge is -2.32. The van der Waals surface area contributed by atoms with Crippen molar-refractivity contribution in [3.05, 3.63) is 34.3 Å². The van der Waals surface area contributed by atoms with E-state index in [4.69, 9.17) is 14.3 Å². The first-order valence-electron chi connectivity index (χ1n) is 11.1. The highest BCUT2D eigenvalue weighted by Crippen LogP contribution is 2.44. The van der Waals surface area contributed by atoms with Crippen molar-refractivity contribution in [2.24, 2.45) is 0 Å². The van der Waals surface area contributed by atoms with Gasteiger partial charge in [-0.2, -0.15) is 13.2 Å². The summed E-state index contributed by atoms with van der Waals surface area (Å²) >= 11 is 3.00. The van der Waals surface area contributed by atoms with Crippen LogP contribution in [-0.2, 0) is 29.6 Å². The molecule has 0 spiro atoms. The highest BCUT2D eigenvalue weighted by Gasteiger charge is 2.55. The van der Waals surface area contributed by atoms with E-state index in [1.165, 1.54) is 18.2 Å². The molecule has 0 aliphatic heterocycles. The Kier molecular flexibility index (Phi) is 10.4. The monoisotopic (exact) mass is 602 g/mol. The quantitative estimate of drug-likeness (QED) is 0.331. The van der Waals surface area contributed by atoms with Crippen LogP contribution in [0.2, 0.25) is 0 Å². The average molecular weight is 603 g/mol. The number of amides is 1. The van der Waals surface area contributed by atoms with Gasteiger partial charge in [0, 0.05) is 37.7 Å². The molecule has 13 heteroatoms. The molecule has 1 amide bonds. The molecule has 2 unspecified atom stereocenters. The molecule has 8 nitrogen and oxygen atoms in total. The van der Waals surface area contributed by atoms with Crippen LogP contribution in [0.5, 0.6) is 0 Å². The lowest BCUT2D eigenvalue weighted by atomic mass is 9.90. The van der Waals surface area contributed by atoms with Crippen molar-refractivity contribution in [2.75, 3.05) is 11.5 Å². The number of carbonyl (C=O) groups is 2. The van der Waals surface area contributed by atoms with Crippen molar-refractivity contribution in [2.45, 2.75) is 83.4 Å². The van der Waals surface area contributed by atoms with Crippen LogP contribution < -0.4 is 5.32 Å². The Balaban J connectivity index is 3.05.